The SMILES string of the molecule is CC(=O)N1CCC(CC(=O)N2CCCCCC2)(N2Cc3ccccc3C2=O)CC1. The lowest BCUT2D eigenvalue weighted by molar-refractivity contribution is -0.136. The molecule has 0 aliphatic carbocycles. The van der Waals surface area contributed by atoms with Gasteiger partial charge in [-0.25, -0.2) is 0 Å². The molecule has 1 aromatic rings. The number of carbonyl (C=O) groups is 3. The Balaban J connectivity index is 1.58. The van der Waals surface area contributed by atoms with Gasteiger partial charge in [0.1, 0.15) is 0 Å². The van der Waals surface area contributed by atoms with Crippen LogP contribution in [0.25, 0.3) is 0 Å². The first kappa shape index (κ1) is 19.9. The Bertz CT molecular complexity index is 790. The number of benzene rings is 1. The topological polar surface area (TPSA) is 60.9 Å². The van der Waals surface area contributed by atoms with Crippen molar-refractivity contribution in [1.82, 2.24) is 14.7 Å². The van der Waals surface area contributed by atoms with Crippen molar-refractivity contribution >= 4 is 17.7 Å². The van der Waals surface area contributed by atoms with Crippen molar-refractivity contribution in [3.05, 3.63) is 35.4 Å². The molecule has 3 heterocycles. The molecule has 0 spiro atoms. The van der Waals surface area contributed by atoms with Gasteiger partial charge in [0, 0.05) is 45.2 Å². The largest absolute Gasteiger partial charge is 0.343 e. The average Bonchev–Trinajstić information content (AvgIpc) is 2.89. The van der Waals surface area contributed by atoms with Crippen molar-refractivity contribution in [2.45, 2.75) is 64.0 Å². The van der Waals surface area contributed by atoms with E-state index in [1.807, 2.05) is 39.0 Å². The summed E-state index contributed by atoms with van der Waals surface area (Å²) in [5, 5.41) is 0. The van der Waals surface area contributed by atoms with E-state index in [1.165, 1.54) is 12.8 Å². The van der Waals surface area contributed by atoms with Crippen LogP contribution in [0.15, 0.2) is 24.3 Å². The van der Waals surface area contributed by atoms with E-state index in [1.54, 1.807) is 6.92 Å². The lowest BCUT2D eigenvalue weighted by atomic mass is 9.82. The van der Waals surface area contributed by atoms with Gasteiger partial charge in [-0.3, -0.25) is 14.4 Å². The molecule has 6 nitrogen and oxygen atoms in total. The third-order valence-corrected chi connectivity index (χ3v) is 6.97. The summed E-state index contributed by atoms with van der Waals surface area (Å²) < 4.78 is 0. The number of piperidine rings is 1. The van der Waals surface area contributed by atoms with Crippen molar-refractivity contribution in [2.24, 2.45) is 0 Å². The summed E-state index contributed by atoms with van der Waals surface area (Å²) in [6, 6.07) is 7.74. The predicted molar refractivity (Wildman–Crippen MR) is 110 cm³/mol. The third-order valence-electron chi connectivity index (χ3n) is 6.97. The summed E-state index contributed by atoms with van der Waals surface area (Å²) in [6.45, 7) is 4.99. The highest BCUT2D eigenvalue weighted by Crippen LogP contribution is 2.39. The fourth-order valence-electron chi connectivity index (χ4n) is 5.13. The van der Waals surface area contributed by atoms with E-state index in [0.29, 0.717) is 38.9 Å². The predicted octanol–water partition coefficient (Wildman–Crippen LogP) is 2.82. The molecular weight excluding hydrogens is 366 g/mol. The maximum absolute atomic E-state index is 13.3. The zero-order valence-corrected chi connectivity index (χ0v) is 17.4. The van der Waals surface area contributed by atoms with Crippen molar-refractivity contribution in [3.63, 3.8) is 0 Å². The summed E-state index contributed by atoms with van der Waals surface area (Å²) in [4.78, 5) is 44.2. The molecule has 4 rings (SSSR count). The average molecular weight is 398 g/mol. The molecule has 6 heteroatoms. The van der Waals surface area contributed by atoms with Crippen LogP contribution in [-0.4, -0.2) is 64.1 Å². The van der Waals surface area contributed by atoms with Crippen LogP contribution in [0.2, 0.25) is 0 Å². The maximum Gasteiger partial charge on any atom is 0.254 e. The number of likely N-dealkylation sites (tertiary alicyclic amines) is 2. The molecular formula is C23H31N3O3. The number of carbonyl (C=O) groups excluding carboxylic acids is 3. The smallest absolute Gasteiger partial charge is 0.254 e. The Hall–Kier alpha value is -2.37. The van der Waals surface area contributed by atoms with Gasteiger partial charge in [-0.05, 0) is 37.3 Å². The van der Waals surface area contributed by atoms with Gasteiger partial charge in [-0.1, -0.05) is 31.0 Å². The molecule has 29 heavy (non-hydrogen) atoms. The van der Waals surface area contributed by atoms with Gasteiger partial charge in [-0.15, -0.1) is 0 Å². The molecule has 156 valence electrons. The summed E-state index contributed by atoms with van der Waals surface area (Å²) >= 11 is 0. The Morgan fingerprint density at radius 3 is 2.21 bits per heavy atom. The molecule has 3 aliphatic rings. The van der Waals surface area contributed by atoms with Crippen LogP contribution in [0.3, 0.4) is 0 Å². The molecule has 2 saturated heterocycles. The standard InChI is InChI=1S/C23H31N3O3/c1-18(27)24-14-10-23(11-15-24,16-21(28)25-12-6-2-3-7-13-25)26-17-19-8-4-5-9-20(19)22(26)29/h4-5,8-9H,2-3,6-7,10-17H2,1H3. The van der Waals surface area contributed by atoms with Crippen molar-refractivity contribution in [3.8, 4) is 0 Å². The van der Waals surface area contributed by atoms with Crippen molar-refractivity contribution in [1.29, 1.82) is 0 Å². The van der Waals surface area contributed by atoms with E-state index in [-0.39, 0.29) is 17.7 Å². The van der Waals surface area contributed by atoms with E-state index in [9.17, 15) is 14.4 Å². The Kier molecular flexibility index (Phi) is 5.61. The van der Waals surface area contributed by atoms with Crippen LogP contribution in [0.5, 0.6) is 0 Å². The van der Waals surface area contributed by atoms with Crippen LogP contribution in [0.1, 0.15) is 67.8 Å². The Morgan fingerprint density at radius 1 is 0.931 bits per heavy atom. The first-order valence-corrected chi connectivity index (χ1v) is 10.9. The maximum atomic E-state index is 13.3. The number of rotatable bonds is 3. The number of hydrogen-bond donors (Lipinski definition) is 0. The van der Waals surface area contributed by atoms with E-state index in [4.69, 9.17) is 0 Å². The summed E-state index contributed by atoms with van der Waals surface area (Å²) in [5.74, 6) is 0.251. The first-order chi connectivity index (χ1) is 14.0. The fraction of sp³-hybridized carbons (Fsp3) is 0.609. The van der Waals surface area contributed by atoms with E-state index in [0.717, 1.165) is 37.1 Å². The zero-order valence-electron chi connectivity index (χ0n) is 17.4. The monoisotopic (exact) mass is 397 g/mol. The normalized spacial score (nSPS) is 21.7. The molecule has 3 amide bonds. The fourth-order valence-corrected chi connectivity index (χ4v) is 5.13. The van der Waals surface area contributed by atoms with Crippen LogP contribution >= 0.6 is 0 Å². The third kappa shape index (κ3) is 3.89. The van der Waals surface area contributed by atoms with E-state index < -0.39 is 5.54 Å². The second-order valence-electron chi connectivity index (χ2n) is 8.75. The number of amides is 3. The molecule has 0 atom stereocenters. The molecule has 1 aromatic carbocycles. The number of fused-ring (bicyclic) bond motifs is 1. The van der Waals surface area contributed by atoms with Gasteiger partial charge in [0.2, 0.25) is 11.8 Å². The molecule has 0 bridgehead atoms. The molecule has 0 unspecified atom stereocenters. The molecule has 2 fully saturated rings. The van der Waals surface area contributed by atoms with Crippen molar-refractivity contribution < 1.29 is 14.4 Å². The minimum absolute atomic E-state index is 0.0283. The number of hydrogen-bond acceptors (Lipinski definition) is 3. The highest BCUT2D eigenvalue weighted by atomic mass is 16.2. The van der Waals surface area contributed by atoms with Gasteiger partial charge in [0.15, 0.2) is 0 Å². The van der Waals surface area contributed by atoms with Crippen LogP contribution in [0.4, 0.5) is 0 Å². The van der Waals surface area contributed by atoms with Crippen LogP contribution < -0.4 is 0 Å². The van der Waals surface area contributed by atoms with E-state index >= 15 is 0 Å². The van der Waals surface area contributed by atoms with Gasteiger partial charge in [0.25, 0.3) is 5.91 Å². The van der Waals surface area contributed by atoms with Gasteiger partial charge < -0.3 is 14.7 Å². The quantitative estimate of drug-likeness (QED) is 0.788. The lowest BCUT2D eigenvalue weighted by Crippen LogP contribution is -2.58. The van der Waals surface area contributed by atoms with E-state index in [2.05, 4.69) is 0 Å². The van der Waals surface area contributed by atoms with Crippen LogP contribution in [-0.2, 0) is 16.1 Å². The molecule has 0 radical (unpaired) electrons. The summed E-state index contributed by atoms with van der Waals surface area (Å²) in [7, 11) is 0. The Labute approximate surface area is 172 Å². The minimum atomic E-state index is -0.508. The first-order valence-electron chi connectivity index (χ1n) is 10.9. The van der Waals surface area contributed by atoms with Gasteiger partial charge in [-0.2, -0.15) is 0 Å². The molecule has 0 N–H and O–H groups in total. The number of nitrogens with zero attached hydrogens (tertiary/aromatic N) is 3. The highest BCUT2D eigenvalue weighted by molar-refractivity contribution is 5.99. The highest BCUT2D eigenvalue weighted by Gasteiger charge is 2.47. The van der Waals surface area contributed by atoms with Gasteiger partial charge >= 0.3 is 0 Å². The summed E-state index contributed by atoms with van der Waals surface area (Å²) in [5.41, 5.74) is 1.28. The van der Waals surface area contributed by atoms with Gasteiger partial charge in [0.05, 0.1) is 12.0 Å². The molecule has 0 aromatic heterocycles. The van der Waals surface area contributed by atoms with Crippen molar-refractivity contribution in [2.75, 3.05) is 26.2 Å². The molecule has 3 aliphatic heterocycles. The summed E-state index contributed by atoms with van der Waals surface area (Å²) in [6.07, 6.45) is 6.16. The second kappa shape index (κ2) is 8.17. The zero-order chi connectivity index (χ0) is 20.4. The molecule has 0 saturated carbocycles. The second-order valence-corrected chi connectivity index (χ2v) is 8.75. The van der Waals surface area contributed by atoms with Crippen LogP contribution in [0, 0.1) is 0 Å². The minimum Gasteiger partial charge on any atom is -0.343 e. The lowest BCUT2D eigenvalue weighted by Gasteiger charge is -2.47. The Morgan fingerprint density at radius 2 is 1.59 bits per heavy atom.